The van der Waals surface area contributed by atoms with Crippen molar-refractivity contribution in [1.82, 2.24) is 0 Å². The fourth-order valence-electron chi connectivity index (χ4n) is 7.98. The molecule has 0 aliphatic carbocycles. The second-order valence-corrected chi connectivity index (χ2v) is 18.8. The molecule has 0 aliphatic heterocycles. The zero-order chi connectivity index (χ0) is 48.6. The lowest BCUT2D eigenvalue weighted by atomic mass is 10.0. The molecule has 0 fully saturated rings. The Balaban J connectivity index is 4.35. The minimum absolute atomic E-state index is 0.0992. The lowest BCUT2D eigenvalue weighted by molar-refractivity contribution is -0.166. The molecule has 0 aliphatic rings. The summed E-state index contributed by atoms with van der Waals surface area (Å²) in [5.41, 5.74) is 0. The molecule has 386 valence electrons. The summed E-state index contributed by atoms with van der Waals surface area (Å²) in [5, 5.41) is 0. The number of carbonyl (C=O) groups is 3. The third-order valence-corrected chi connectivity index (χ3v) is 12.2. The van der Waals surface area contributed by atoms with E-state index >= 15 is 0 Å². The first-order chi connectivity index (χ1) is 33.0. The first kappa shape index (κ1) is 63.8. The first-order valence-corrected chi connectivity index (χ1v) is 28.4. The highest BCUT2D eigenvalue weighted by molar-refractivity contribution is 5.72. The highest BCUT2D eigenvalue weighted by atomic mass is 16.6. The van der Waals surface area contributed by atoms with Crippen LogP contribution < -0.4 is 0 Å². The van der Waals surface area contributed by atoms with Crippen molar-refractivity contribution in [3.05, 3.63) is 72.9 Å². The van der Waals surface area contributed by atoms with Crippen molar-refractivity contribution in [3.63, 3.8) is 0 Å². The molecule has 0 rings (SSSR count). The van der Waals surface area contributed by atoms with Crippen molar-refractivity contribution >= 4 is 17.9 Å². The first-order valence-electron chi connectivity index (χ1n) is 28.4. The van der Waals surface area contributed by atoms with Crippen LogP contribution in [-0.2, 0) is 28.6 Å². The Labute approximate surface area is 414 Å². The summed E-state index contributed by atoms with van der Waals surface area (Å²) in [4.78, 5) is 38.0. The van der Waals surface area contributed by atoms with Crippen LogP contribution in [0.25, 0.3) is 0 Å². The standard InChI is InChI=1S/C61H106O6/c1-4-7-10-13-16-19-22-24-26-27-28-29-30-31-32-33-35-36-39-42-45-48-51-54-60(63)66-57-58(56-65-59(62)53-50-47-44-41-38-21-18-15-12-9-6-3)67-61(64)55-52-49-46-43-40-37-34-25-23-20-17-14-11-8-5-2/h8,11,17,20,25,27-28,34,40,43,49,52,58H,4-7,9-10,12-16,18-19,21-24,26,29-33,35-39,41-42,44-48,50-51,53-57H2,1-3H3/b11-8-,20-17-,28-27-,34-25-,43-40-,52-49-. The van der Waals surface area contributed by atoms with Crippen LogP contribution in [0, 0.1) is 0 Å². The minimum Gasteiger partial charge on any atom is -0.462 e. The van der Waals surface area contributed by atoms with Crippen molar-refractivity contribution in [2.24, 2.45) is 0 Å². The SMILES string of the molecule is CC/C=C\C/C=C\C/C=C\C/C=C\C/C=C\CC(=O)OC(COC(=O)CCCCCCCCCCCCC)COC(=O)CCCCCCCCCCCCC/C=C\CCCCCCCCCC. The van der Waals surface area contributed by atoms with Crippen molar-refractivity contribution in [1.29, 1.82) is 0 Å². The third-order valence-electron chi connectivity index (χ3n) is 12.2. The molecule has 0 heterocycles. The van der Waals surface area contributed by atoms with Crippen molar-refractivity contribution < 1.29 is 28.6 Å². The Hall–Kier alpha value is -3.15. The summed E-state index contributed by atoms with van der Waals surface area (Å²) < 4.78 is 16.7. The number of rotatable bonds is 51. The van der Waals surface area contributed by atoms with Gasteiger partial charge in [0.1, 0.15) is 13.2 Å². The van der Waals surface area contributed by atoms with E-state index < -0.39 is 12.1 Å². The fraction of sp³-hybridized carbons (Fsp3) is 0.754. The number of carbonyl (C=O) groups excluding carboxylic acids is 3. The lowest BCUT2D eigenvalue weighted by Gasteiger charge is -2.18. The molecule has 0 N–H and O–H groups in total. The topological polar surface area (TPSA) is 78.9 Å². The van der Waals surface area contributed by atoms with Crippen LogP contribution in [0.3, 0.4) is 0 Å². The lowest BCUT2D eigenvalue weighted by Crippen LogP contribution is -2.30. The summed E-state index contributed by atoms with van der Waals surface area (Å²) in [5.74, 6) is -1.04. The van der Waals surface area contributed by atoms with Crippen LogP contribution in [0.1, 0.15) is 278 Å². The van der Waals surface area contributed by atoms with Crippen LogP contribution >= 0.6 is 0 Å². The largest absolute Gasteiger partial charge is 0.462 e. The summed E-state index contributed by atoms with van der Waals surface area (Å²) in [7, 11) is 0. The molecule has 0 bridgehead atoms. The minimum atomic E-state index is -0.827. The molecule has 0 aromatic rings. The van der Waals surface area contributed by atoms with Crippen LogP contribution in [-0.4, -0.2) is 37.2 Å². The van der Waals surface area contributed by atoms with E-state index in [4.69, 9.17) is 14.2 Å². The molecule has 0 amide bonds. The van der Waals surface area contributed by atoms with Crippen molar-refractivity contribution in [2.75, 3.05) is 13.2 Å². The Morgan fingerprint density at radius 3 is 0.970 bits per heavy atom. The number of allylic oxidation sites excluding steroid dienone is 11. The normalized spacial score (nSPS) is 12.6. The smallest absolute Gasteiger partial charge is 0.310 e. The van der Waals surface area contributed by atoms with Crippen LogP contribution in [0.15, 0.2) is 72.9 Å². The quantitative estimate of drug-likeness (QED) is 0.0262. The van der Waals surface area contributed by atoms with Gasteiger partial charge in [-0.05, 0) is 70.6 Å². The Morgan fingerprint density at radius 1 is 0.328 bits per heavy atom. The van der Waals surface area contributed by atoms with Gasteiger partial charge in [0.05, 0.1) is 6.42 Å². The Kier molecular flexibility index (Phi) is 52.8. The Bertz CT molecular complexity index is 1260. The number of esters is 3. The molecular weight excluding hydrogens is 829 g/mol. The highest BCUT2D eigenvalue weighted by Gasteiger charge is 2.19. The van der Waals surface area contributed by atoms with Crippen molar-refractivity contribution in [3.8, 4) is 0 Å². The maximum Gasteiger partial charge on any atom is 0.310 e. The molecule has 0 radical (unpaired) electrons. The molecule has 0 saturated heterocycles. The molecule has 6 nitrogen and oxygen atoms in total. The van der Waals surface area contributed by atoms with E-state index in [-0.39, 0.29) is 31.6 Å². The molecule has 1 unspecified atom stereocenters. The van der Waals surface area contributed by atoms with Gasteiger partial charge in [-0.3, -0.25) is 14.4 Å². The van der Waals surface area contributed by atoms with Gasteiger partial charge in [-0.1, -0.05) is 261 Å². The molecule has 6 heteroatoms. The van der Waals surface area contributed by atoms with E-state index in [1.54, 1.807) is 6.08 Å². The number of hydrogen-bond donors (Lipinski definition) is 0. The predicted octanol–water partition coefficient (Wildman–Crippen LogP) is 19.0. The van der Waals surface area contributed by atoms with Gasteiger partial charge in [0.25, 0.3) is 0 Å². The van der Waals surface area contributed by atoms with E-state index in [0.29, 0.717) is 12.8 Å². The molecule has 1 atom stereocenters. The van der Waals surface area contributed by atoms with Gasteiger partial charge in [-0.25, -0.2) is 0 Å². The third kappa shape index (κ3) is 53.7. The predicted molar refractivity (Wildman–Crippen MR) is 288 cm³/mol. The summed E-state index contributed by atoms with van der Waals surface area (Å²) in [6.07, 6.45) is 70.7. The van der Waals surface area contributed by atoms with Gasteiger partial charge in [0, 0.05) is 12.8 Å². The zero-order valence-electron chi connectivity index (χ0n) is 44.2. The van der Waals surface area contributed by atoms with Gasteiger partial charge >= 0.3 is 17.9 Å². The van der Waals surface area contributed by atoms with Crippen LogP contribution in [0.4, 0.5) is 0 Å². The molecule has 0 aromatic heterocycles. The molecule has 0 spiro atoms. The number of unbranched alkanes of at least 4 members (excludes halogenated alkanes) is 29. The zero-order valence-corrected chi connectivity index (χ0v) is 44.2. The van der Waals surface area contributed by atoms with E-state index in [1.165, 1.54) is 167 Å². The van der Waals surface area contributed by atoms with Crippen molar-refractivity contribution in [2.45, 2.75) is 284 Å². The molecule has 0 saturated carbocycles. The summed E-state index contributed by atoms with van der Waals surface area (Å²) in [6.45, 7) is 6.45. The maximum atomic E-state index is 12.8. The highest BCUT2D eigenvalue weighted by Crippen LogP contribution is 2.16. The van der Waals surface area contributed by atoms with Gasteiger partial charge in [-0.2, -0.15) is 0 Å². The summed E-state index contributed by atoms with van der Waals surface area (Å²) >= 11 is 0. The molecule has 67 heavy (non-hydrogen) atoms. The fourth-order valence-corrected chi connectivity index (χ4v) is 7.98. The van der Waals surface area contributed by atoms with Crippen LogP contribution in [0.2, 0.25) is 0 Å². The number of hydrogen-bond acceptors (Lipinski definition) is 6. The van der Waals surface area contributed by atoms with E-state index in [1.807, 2.05) is 6.08 Å². The monoisotopic (exact) mass is 935 g/mol. The number of ether oxygens (including phenoxy) is 3. The van der Waals surface area contributed by atoms with E-state index in [2.05, 4.69) is 81.5 Å². The van der Waals surface area contributed by atoms with Gasteiger partial charge in [0.15, 0.2) is 6.10 Å². The van der Waals surface area contributed by atoms with Gasteiger partial charge < -0.3 is 14.2 Å². The Morgan fingerprint density at radius 2 is 0.627 bits per heavy atom. The van der Waals surface area contributed by atoms with Crippen LogP contribution in [0.5, 0.6) is 0 Å². The summed E-state index contributed by atoms with van der Waals surface area (Å²) in [6, 6.07) is 0. The van der Waals surface area contributed by atoms with E-state index in [9.17, 15) is 14.4 Å². The average Bonchev–Trinajstić information content (AvgIpc) is 3.33. The second-order valence-electron chi connectivity index (χ2n) is 18.8. The van der Waals surface area contributed by atoms with Gasteiger partial charge in [-0.15, -0.1) is 0 Å². The average molecular weight is 936 g/mol. The second kappa shape index (κ2) is 55.4. The maximum absolute atomic E-state index is 12.8. The molecular formula is C61H106O6. The van der Waals surface area contributed by atoms with Gasteiger partial charge in [0.2, 0.25) is 0 Å². The van der Waals surface area contributed by atoms with E-state index in [0.717, 1.165) is 70.6 Å². The molecule has 0 aromatic carbocycles.